The van der Waals surface area contributed by atoms with Crippen molar-refractivity contribution in [2.45, 2.75) is 74.4 Å². The van der Waals surface area contributed by atoms with Crippen molar-refractivity contribution in [1.82, 2.24) is 4.90 Å². The molecule has 0 aliphatic rings. The fourth-order valence-corrected chi connectivity index (χ4v) is 6.03. The lowest BCUT2D eigenvalue weighted by Crippen LogP contribution is -3.00. The molecule has 3 aromatic carbocycles. The van der Waals surface area contributed by atoms with Crippen LogP contribution in [0.1, 0.15) is 62.9 Å². The molecular weight excluding hydrogens is 562 g/mol. The molecule has 0 saturated heterocycles. The van der Waals surface area contributed by atoms with Gasteiger partial charge in [-0.1, -0.05) is 76.3 Å². The molecular formula is C34H48BrN3S. The van der Waals surface area contributed by atoms with Crippen LogP contribution in [0.4, 0.5) is 5.69 Å². The number of nitrogens with zero attached hydrogens (tertiary/aromatic N) is 2. The summed E-state index contributed by atoms with van der Waals surface area (Å²) in [6.07, 6.45) is 2.26. The summed E-state index contributed by atoms with van der Waals surface area (Å²) in [5.41, 5.74) is 12.9. The van der Waals surface area contributed by atoms with Crippen LogP contribution in [0.5, 0.6) is 0 Å². The van der Waals surface area contributed by atoms with Crippen molar-refractivity contribution in [3.05, 3.63) is 98.6 Å². The van der Waals surface area contributed by atoms with Crippen molar-refractivity contribution < 1.29 is 21.5 Å². The lowest BCUT2D eigenvalue weighted by molar-refractivity contribution is -0.903. The van der Waals surface area contributed by atoms with Crippen molar-refractivity contribution >= 4 is 23.0 Å². The predicted octanol–water partition coefficient (Wildman–Crippen LogP) is 5.11. The summed E-state index contributed by atoms with van der Waals surface area (Å²) in [4.78, 5) is 2.35. The van der Waals surface area contributed by atoms with Gasteiger partial charge in [-0.3, -0.25) is 0 Å². The Morgan fingerprint density at radius 1 is 0.692 bits per heavy atom. The van der Waals surface area contributed by atoms with Crippen LogP contribution >= 0.6 is 12.2 Å². The first-order valence-electron chi connectivity index (χ1n) is 13.9. The number of hydrogen-bond acceptors (Lipinski definition) is 1. The Morgan fingerprint density at radius 2 is 1.15 bits per heavy atom. The second kappa shape index (κ2) is 14.4. The highest BCUT2D eigenvalue weighted by Crippen LogP contribution is 2.23. The van der Waals surface area contributed by atoms with Gasteiger partial charge >= 0.3 is 0 Å². The van der Waals surface area contributed by atoms with E-state index in [2.05, 4.69) is 121 Å². The Hall–Kier alpha value is -2.21. The molecule has 0 unspecified atom stereocenters. The van der Waals surface area contributed by atoms with Crippen molar-refractivity contribution in [3.8, 4) is 0 Å². The van der Waals surface area contributed by atoms with Crippen LogP contribution in [-0.4, -0.2) is 41.7 Å². The van der Waals surface area contributed by atoms with Gasteiger partial charge in [-0.05, 0) is 90.2 Å². The number of quaternary nitrogens is 1. The quantitative estimate of drug-likeness (QED) is 0.195. The van der Waals surface area contributed by atoms with Gasteiger partial charge in [0.15, 0.2) is 5.11 Å². The molecule has 0 aliphatic carbocycles. The lowest BCUT2D eigenvalue weighted by atomic mass is 10.1. The van der Waals surface area contributed by atoms with E-state index in [1.165, 1.54) is 50.1 Å². The first-order valence-corrected chi connectivity index (χ1v) is 14.3. The standard InChI is InChI=1S/C34H47N3S.BrH/c1-24-14-25(2)19-31(18-24)22-36(34(38)35-33-29(6)16-28(5)17-30(33)7)12-10-11-13-37(8,9)23-32-20-26(3)15-27(4)21-32;/h14-21H,10-13,22-23H2,1-9H3;1H. The molecule has 1 N–H and O–H groups in total. The third kappa shape index (κ3) is 10.4. The number of hydrogen-bond donors (Lipinski definition) is 1. The van der Waals surface area contributed by atoms with Crippen LogP contribution in [0.3, 0.4) is 0 Å². The van der Waals surface area contributed by atoms with Crippen molar-refractivity contribution in [2.75, 3.05) is 32.5 Å². The fraction of sp³-hybridized carbons (Fsp3) is 0.441. The van der Waals surface area contributed by atoms with E-state index in [0.29, 0.717) is 0 Å². The number of anilines is 1. The maximum absolute atomic E-state index is 6.02. The summed E-state index contributed by atoms with van der Waals surface area (Å²) < 4.78 is 0.990. The van der Waals surface area contributed by atoms with E-state index < -0.39 is 0 Å². The minimum Gasteiger partial charge on any atom is -1.00 e. The minimum absolute atomic E-state index is 0. The molecule has 5 heteroatoms. The average molecular weight is 611 g/mol. The monoisotopic (exact) mass is 609 g/mol. The number of rotatable bonds is 10. The summed E-state index contributed by atoms with van der Waals surface area (Å²) in [5.74, 6) is 0. The summed E-state index contributed by atoms with van der Waals surface area (Å²) in [6.45, 7) is 19.2. The van der Waals surface area contributed by atoms with Gasteiger partial charge in [0, 0.05) is 24.3 Å². The van der Waals surface area contributed by atoms with Gasteiger partial charge < -0.3 is 31.7 Å². The van der Waals surface area contributed by atoms with Crippen LogP contribution in [0.15, 0.2) is 48.5 Å². The first-order chi connectivity index (χ1) is 17.8. The second-order valence-corrected chi connectivity index (χ2v) is 12.5. The Morgan fingerprint density at radius 3 is 1.67 bits per heavy atom. The topological polar surface area (TPSA) is 15.3 Å². The zero-order chi connectivity index (χ0) is 28.0. The molecule has 39 heavy (non-hydrogen) atoms. The zero-order valence-electron chi connectivity index (χ0n) is 25.5. The van der Waals surface area contributed by atoms with Crippen LogP contribution in [0.2, 0.25) is 0 Å². The first kappa shape index (κ1) is 33.0. The molecule has 0 amide bonds. The fourth-order valence-electron chi connectivity index (χ4n) is 5.77. The molecule has 0 aliphatic heterocycles. The third-order valence-corrected chi connectivity index (χ3v) is 7.54. The minimum atomic E-state index is 0. The van der Waals surface area contributed by atoms with E-state index >= 15 is 0 Å². The second-order valence-electron chi connectivity index (χ2n) is 12.1. The molecule has 3 aromatic rings. The van der Waals surface area contributed by atoms with Crippen molar-refractivity contribution in [3.63, 3.8) is 0 Å². The summed E-state index contributed by atoms with van der Waals surface area (Å²) in [7, 11) is 4.69. The molecule has 0 aromatic heterocycles. The predicted molar refractivity (Wildman–Crippen MR) is 169 cm³/mol. The molecule has 0 spiro atoms. The SMILES string of the molecule is Cc1cc(C)cc(CN(CCCC[N+](C)(C)Cc2cc(C)cc(C)c2)C(=S)Nc2c(C)cc(C)cc2C)c1.[Br-]. The number of thiocarbonyl (C=S) groups is 1. The van der Waals surface area contributed by atoms with Crippen LogP contribution in [0.25, 0.3) is 0 Å². The Balaban J connectivity index is 0.00000533. The Kier molecular flexibility index (Phi) is 12.2. The van der Waals surface area contributed by atoms with E-state index in [1.54, 1.807) is 0 Å². The van der Waals surface area contributed by atoms with Gasteiger partial charge in [-0.25, -0.2) is 0 Å². The summed E-state index contributed by atoms with van der Waals surface area (Å²) >= 11 is 6.02. The number of halogens is 1. The van der Waals surface area contributed by atoms with Gasteiger partial charge in [0.1, 0.15) is 6.54 Å². The normalized spacial score (nSPS) is 11.2. The number of aryl methyl sites for hydroxylation is 7. The molecule has 0 radical (unpaired) electrons. The molecule has 3 rings (SSSR count). The van der Waals surface area contributed by atoms with Crippen LogP contribution < -0.4 is 22.3 Å². The highest BCUT2D eigenvalue weighted by molar-refractivity contribution is 7.80. The van der Waals surface area contributed by atoms with Crippen LogP contribution in [0, 0.1) is 48.5 Å². The molecule has 0 atom stereocenters. The van der Waals surface area contributed by atoms with Gasteiger partial charge in [-0.15, -0.1) is 0 Å². The highest BCUT2D eigenvalue weighted by Gasteiger charge is 2.18. The average Bonchev–Trinajstić information content (AvgIpc) is 2.76. The highest BCUT2D eigenvalue weighted by atomic mass is 79.9. The van der Waals surface area contributed by atoms with Gasteiger partial charge in [-0.2, -0.15) is 0 Å². The molecule has 3 nitrogen and oxygen atoms in total. The molecule has 0 heterocycles. The van der Waals surface area contributed by atoms with Crippen molar-refractivity contribution in [2.24, 2.45) is 0 Å². The molecule has 212 valence electrons. The zero-order valence-corrected chi connectivity index (χ0v) is 27.9. The largest absolute Gasteiger partial charge is 1.00 e. The third-order valence-electron chi connectivity index (χ3n) is 7.18. The Bertz CT molecular complexity index is 1220. The van der Waals surface area contributed by atoms with Gasteiger partial charge in [0.05, 0.1) is 20.6 Å². The van der Waals surface area contributed by atoms with E-state index in [9.17, 15) is 0 Å². The van der Waals surface area contributed by atoms with Gasteiger partial charge in [0.25, 0.3) is 0 Å². The molecule has 0 fully saturated rings. The summed E-state index contributed by atoms with van der Waals surface area (Å²) in [6, 6.07) is 18.2. The number of nitrogens with one attached hydrogen (secondary N) is 1. The van der Waals surface area contributed by atoms with Crippen molar-refractivity contribution in [1.29, 1.82) is 0 Å². The molecule has 0 saturated carbocycles. The maximum atomic E-state index is 6.02. The summed E-state index contributed by atoms with van der Waals surface area (Å²) in [5, 5.41) is 4.42. The number of unbranched alkanes of at least 4 members (excludes halogenated alkanes) is 1. The van der Waals surface area contributed by atoms with E-state index in [4.69, 9.17) is 12.2 Å². The maximum Gasteiger partial charge on any atom is 0.173 e. The van der Waals surface area contributed by atoms with E-state index in [1.807, 2.05) is 0 Å². The molecule has 0 bridgehead atoms. The lowest BCUT2D eigenvalue weighted by Gasteiger charge is -2.31. The Labute approximate surface area is 254 Å². The van der Waals surface area contributed by atoms with Crippen LogP contribution in [-0.2, 0) is 13.1 Å². The smallest absolute Gasteiger partial charge is 0.173 e. The van der Waals surface area contributed by atoms with E-state index in [-0.39, 0.29) is 17.0 Å². The van der Waals surface area contributed by atoms with Gasteiger partial charge in [0.2, 0.25) is 0 Å². The number of benzene rings is 3. The van der Waals surface area contributed by atoms with E-state index in [0.717, 1.165) is 54.3 Å².